The van der Waals surface area contributed by atoms with Crippen LogP contribution in [0.2, 0.25) is 5.02 Å². The maximum atomic E-state index is 13.3. The topological polar surface area (TPSA) is 55.9 Å². The lowest BCUT2D eigenvalue weighted by Crippen LogP contribution is -2.49. The van der Waals surface area contributed by atoms with Gasteiger partial charge in [0, 0.05) is 51.0 Å². The Bertz CT molecular complexity index is 950. The van der Waals surface area contributed by atoms with Crippen molar-refractivity contribution < 1.29 is 9.59 Å². The minimum atomic E-state index is -0.129. The first-order valence-electron chi connectivity index (χ1n) is 11.5. The molecule has 0 saturated carbocycles. The maximum Gasteiger partial charge on any atom is 0.256 e. The monoisotopic (exact) mass is 454 g/mol. The van der Waals surface area contributed by atoms with Crippen molar-refractivity contribution in [2.75, 3.05) is 50.7 Å². The van der Waals surface area contributed by atoms with Crippen LogP contribution in [0, 0.1) is 0 Å². The summed E-state index contributed by atoms with van der Waals surface area (Å²) in [6.07, 6.45) is 1.65. The van der Waals surface area contributed by atoms with E-state index in [0.717, 1.165) is 69.9 Å². The van der Waals surface area contributed by atoms with Gasteiger partial charge in [-0.15, -0.1) is 0 Å². The van der Waals surface area contributed by atoms with Gasteiger partial charge in [-0.1, -0.05) is 42.8 Å². The van der Waals surface area contributed by atoms with E-state index in [9.17, 15) is 9.59 Å². The molecule has 2 aromatic rings. The van der Waals surface area contributed by atoms with Gasteiger partial charge < -0.3 is 20.0 Å². The molecule has 0 aliphatic carbocycles. The lowest BCUT2D eigenvalue weighted by Gasteiger charge is -2.37. The average molecular weight is 455 g/mol. The van der Waals surface area contributed by atoms with Gasteiger partial charge in [0.2, 0.25) is 0 Å². The smallest absolute Gasteiger partial charge is 0.256 e. The van der Waals surface area contributed by atoms with Gasteiger partial charge in [0.15, 0.2) is 0 Å². The van der Waals surface area contributed by atoms with Crippen molar-refractivity contribution in [2.24, 2.45) is 0 Å². The van der Waals surface area contributed by atoms with E-state index in [1.807, 2.05) is 41.3 Å². The molecule has 0 bridgehead atoms. The van der Waals surface area contributed by atoms with E-state index in [0.29, 0.717) is 10.6 Å². The Kier molecular flexibility index (Phi) is 7.33. The summed E-state index contributed by atoms with van der Waals surface area (Å²) in [5, 5.41) is 3.58. The fourth-order valence-corrected chi connectivity index (χ4v) is 4.76. The SMILES string of the molecule is CCN1CCN(C(=O)c2ccccc2N2CCC(NC(=O)c3ccccc3Cl)CC2)CC1. The third-order valence-electron chi connectivity index (χ3n) is 6.53. The van der Waals surface area contributed by atoms with Gasteiger partial charge in [-0.3, -0.25) is 9.59 Å². The van der Waals surface area contributed by atoms with Crippen LogP contribution in [0.4, 0.5) is 5.69 Å². The van der Waals surface area contributed by atoms with E-state index >= 15 is 0 Å². The van der Waals surface area contributed by atoms with Crippen molar-refractivity contribution in [3.8, 4) is 0 Å². The van der Waals surface area contributed by atoms with Crippen LogP contribution in [0.3, 0.4) is 0 Å². The second-order valence-corrected chi connectivity index (χ2v) is 8.87. The third-order valence-corrected chi connectivity index (χ3v) is 6.86. The molecular weight excluding hydrogens is 424 g/mol. The molecule has 1 N–H and O–H groups in total. The van der Waals surface area contributed by atoms with E-state index < -0.39 is 0 Å². The van der Waals surface area contributed by atoms with Crippen molar-refractivity contribution >= 4 is 29.1 Å². The van der Waals surface area contributed by atoms with E-state index in [1.54, 1.807) is 12.1 Å². The number of hydrogen-bond acceptors (Lipinski definition) is 4. The molecule has 0 spiro atoms. The van der Waals surface area contributed by atoms with Gasteiger partial charge in [-0.25, -0.2) is 0 Å². The number of likely N-dealkylation sites (N-methyl/N-ethyl adjacent to an activating group) is 1. The molecule has 7 heteroatoms. The first kappa shape index (κ1) is 22.6. The molecule has 2 fully saturated rings. The minimum absolute atomic E-state index is 0.0972. The number of anilines is 1. The summed E-state index contributed by atoms with van der Waals surface area (Å²) < 4.78 is 0. The summed E-state index contributed by atoms with van der Waals surface area (Å²) in [6.45, 7) is 8.19. The lowest BCUT2D eigenvalue weighted by atomic mass is 10.0. The van der Waals surface area contributed by atoms with Crippen molar-refractivity contribution in [1.82, 2.24) is 15.1 Å². The molecular formula is C25H31ClN4O2. The van der Waals surface area contributed by atoms with Crippen molar-refractivity contribution in [3.63, 3.8) is 0 Å². The quantitative estimate of drug-likeness (QED) is 0.751. The van der Waals surface area contributed by atoms with Crippen molar-refractivity contribution in [1.29, 1.82) is 0 Å². The van der Waals surface area contributed by atoms with E-state index in [4.69, 9.17) is 11.6 Å². The van der Waals surface area contributed by atoms with Crippen LogP contribution in [-0.2, 0) is 0 Å². The van der Waals surface area contributed by atoms with Gasteiger partial charge in [0.05, 0.1) is 16.1 Å². The second kappa shape index (κ2) is 10.4. The third kappa shape index (κ3) is 5.08. The van der Waals surface area contributed by atoms with Crippen LogP contribution < -0.4 is 10.2 Å². The van der Waals surface area contributed by atoms with Crippen LogP contribution in [0.15, 0.2) is 48.5 Å². The normalized spacial score (nSPS) is 17.9. The highest BCUT2D eigenvalue weighted by molar-refractivity contribution is 6.33. The zero-order valence-electron chi connectivity index (χ0n) is 18.6. The highest BCUT2D eigenvalue weighted by atomic mass is 35.5. The Morgan fingerprint density at radius 2 is 1.53 bits per heavy atom. The zero-order chi connectivity index (χ0) is 22.5. The Morgan fingerprint density at radius 1 is 0.906 bits per heavy atom. The van der Waals surface area contributed by atoms with Crippen LogP contribution in [-0.4, -0.2) is 73.5 Å². The highest BCUT2D eigenvalue weighted by Crippen LogP contribution is 2.26. The number of benzene rings is 2. The largest absolute Gasteiger partial charge is 0.371 e. The Labute approximate surface area is 195 Å². The van der Waals surface area contributed by atoms with Crippen molar-refractivity contribution in [3.05, 3.63) is 64.7 Å². The predicted octanol–water partition coefficient (Wildman–Crippen LogP) is 3.52. The molecule has 2 saturated heterocycles. The molecule has 2 heterocycles. The van der Waals surface area contributed by atoms with Gasteiger partial charge >= 0.3 is 0 Å². The summed E-state index contributed by atoms with van der Waals surface area (Å²) in [7, 11) is 0. The fourth-order valence-electron chi connectivity index (χ4n) is 4.54. The number of carbonyl (C=O) groups is 2. The summed E-state index contributed by atoms with van der Waals surface area (Å²) in [5.41, 5.74) is 2.28. The van der Waals surface area contributed by atoms with E-state index in [1.165, 1.54) is 0 Å². The first-order chi connectivity index (χ1) is 15.6. The number of piperidine rings is 1. The number of carbonyl (C=O) groups excluding carboxylic acids is 2. The fraction of sp³-hybridized carbons (Fsp3) is 0.440. The maximum absolute atomic E-state index is 13.3. The Balaban J connectivity index is 1.37. The number of halogens is 1. The van der Waals surface area contributed by atoms with Gasteiger partial charge in [-0.2, -0.15) is 0 Å². The molecule has 0 aromatic heterocycles. The molecule has 6 nitrogen and oxygen atoms in total. The molecule has 2 aromatic carbocycles. The number of rotatable bonds is 5. The van der Waals surface area contributed by atoms with E-state index in [2.05, 4.69) is 22.0 Å². The average Bonchev–Trinajstić information content (AvgIpc) is 2.84. The van der Waals surface area contributed by atoms with Crippen LogP contribution in [0.1, 0.15) is 40.5 Å². The van der Waals surface area contributed by atoms with E-state index in [-0.39, 0.29) is 17.9 Å². The van der Waals surface area contributed by atoms with Gasteiger partial charge in [0.1, 0.15) is 0 Å². The van der Waals surface area contributed by atoms with Gasteiger partial charge in [0.25, 0.3) is 11.8 Å². The van der Waals surface area contributed by atoms with Crippen LogP contribution in [0.25, 0.3) is 0 Å². The molecule has 32 heavy (non-hydrogen) atoms. The molecule has 170 valence electrons. The molecule has 2 aliphatic rings. The molecule has 0 unspecified atom stereocenters. The Morgan fingerprint density at radius 3 is 2.19 bits per heavy atom. The first-order valence-corrected chi connectivity index (χ1v) is 11.9. The second-order valence-electron chi connectivity index (χ2n) is 8.46. The number of hydrogen-bond donors (Lipinski definition) is 1. The highest BCUT2D eigenvalue weighted by Gasteiger charge is 2.27. The van der Waals surface area contributed by atoms with Gasteiger partial charge in [-0.05, 0) is 43.7 Å². The molecule has 4 rings (SSSR count). The number of nitrogens with one attached hydrogen (secondary N) is 1. The summed E-state index contributed by atoms with van der Waals surface area (Å²) in [5.74, 6) is -0.0126. The molecule has 2 aliphatic heterocycles. The van der Waals surface area contributed by atoms with Crippen LogP contribution in [0.5, 0.6) is 0 Å². The van der Waals surface area contributed by atoms with Crippen molar-refractivity contribution in [2.45, 2.75) is 25.8 Å². The molecule has 0 atom stereocenters. The van der Waals surface area contributed by atoms with Crippen LogP contribution >= 0.6 is 11.6 Å². The summed E-state index contributed by atoms with van der Waals surface area (Å²) >= 11 is 6.16. The summed E-state index contributed by atoms with van der Waals surface area (Å²) in [4.78, 5) is 32.5. The lowest BCUT2D eigenvalue weighted by molar-refractivity contribution is 0.0644. The predicted molar refractivity (Wildman–Crippen MR) is 129 cm³/mol. The number of nitrogens with zero attached hydrogens (tertiary/aromatic N) is 3. The standard InChI is InChI=1S/C25H31ClN4O2/c1-2-28-15-17-30(18-16-28)25(32)21-8-4-6-10-23(21)29-13-11-19(12-14-29)27-24(31)20-7-3-5-9-22(20)26/h3-10,19H,2,11-18H2,1H3,(H,27,31). The molecule has 0 radical (unpaired) electrons. The number of piperazine rings is 1. The Hall–Kier alpha value is -2.57. The number of para-hydroxylation sites is 1. The summed E-state index contributed by atoms with van der Waals surface area (Å²) in [6, 6.07) is 15.1. The minimum Gasteiger partial charge on any atom is -0.371 e. The molecule has 2 amide bonds. The number of amides is 2. The zero-order valence-corrected chi connectivity index (χ0v) is 19.4.